The Hall–Kier alpha value is -3.39. The van der Waals surface area contributed by atoms with Crippen LogP contribution in [0.3, 0.4) is 0 Å². The van der Waals surface area contributed by atoms with Gasteiger partial charge in [0.1, 0.15) is 16.9 Å². The number of fused-ring (bicyclic) bond motifs is 1. The van der Waals surface area contributed by atoms with E-state index in [9.17, 15) is 14.4 Å². The minimum atomic E-state index is -0.771. The summed E-state index contributed by atoms with van der Waals surface area (Å²) < 4.78 is 20.8. The number of carbonyl (C=O) groups excluding carboxylic acids is 2. The normalized spacial score (nSPS) is 16.2. The quantitative estimate of drug-likeness (QED) is 0.410. The molecule has 1 N–H and O–H groups in total. The molecule has 1 aliphatic heterocycles. The van der Waals surface area contributed by atoms with E-state index < -0.39 is 17.5 Å². The summed E-state index contributed by atoms with van der Waals surface area (Å²) in [4.78, 5) is 36.4. The van der Waals surface area contributed by atoms with Crippen LogP contribution in [0.1, 0.15) is 33.8 Å². The van der Waals surface area contributed by atoms with Crippen molar-refractivity contribution in [1.29, 1.82) is 0 Å². The van der Waals surface area contributed by atoms with Gasteiger partial charge in [-0.3, -0.25) is 4.79 Å². The summed E-state index contributed by atoms with van der Waals surface area (Å²) in [6, 6.07) is 9.04. The first kappa shape index (κ1) is 18.0. The largest absolute Gasteiger partial charge is 0.457 e. The van der Waals surface area contributed by atoms with Crippen molar-refractivity contribution in [3.05, 3.63) is 64.4 Å². The molecule has 0 aliphatic carbocycles. The first-order valence-electron chi connectivity index (χ1n) is 8.83. The molecule has 1 unspecified atom stereocenters. The van der Waals surface area contributed by atoms with Crippen molar-refractivity contribution in [2.45, 2.75) is 18.9 Å². The highest BCUT2D eigenvalue weighted by Crippen LogP contribution is 2.21. The van der Waals surface area contributed by atoms with Crippen LogP contribution in [0.25, 0.3) is 11.0 Å². The Kier molecular flexibility index (Phi) is 4.94. The second-order valence-electron chi connectivity index (χ2n) is 6.36. The lowest BCUT2D eigenvalue weighted by Crippen LogP contribution is -2.34. The Morgan fingerprint density at radius 1 is 1.21 bits per heavy atom. The van der Waals surface area contributed by atoms with E-state index in [0.717, 1.165) is 12.8 Å². The minimum absolute atomic E-state index is 0.0251. The van der Waals surface area contributed by atoms with Gasteiger partial charge in [0.2, 0.25) is 5.76 Å². The average molecular weight is 383 g/mol. The average Bonchev–Trinajstić information content (AvgIpc) is 3.39. The molecule has 4 rings (SSSR count). The topological polar surface area (TPSA) is 108 Å². The molecule has 0 bridgehead atoms. The molecule has 2 aromatic heterocycles. The van der Waals surface area contributed by atoms with E-state index in [0.29, 0.717) is 18.5 Å². The molecule has 1 atom stereocenters. The lowest BCUT2D eigenvalue weighted by molar-refractivity contribution is 0.0701. The Balaban J connectivity index is 1.51. The van der Waals surface area contributed by atoms with Gasteiger partial charge in [-0.25, -0.2) is 9.59 Å². The maximum atomic E-state index is 12.3. The van der Waals surface area contributed by atoms with Crippen molar-refractivity contribution in [3.8, 4) is 5.75 Å². The monoisotopic (exact) mass is 383 g/mol. The Labute approximate surface area is 159 Å². The number of esters is 1. The van der Waals surface area contributed by atoms with Crippen molar-refractivity contribution in [3.63, 3.8) is 0 Å². The fourth-order valence-corrected chi connectivity index (χ4v) is 2.97. The smallest absolute Gasteiger partial charge is 0.379 e. The standard InChI is InChI=1S/C20H17NO7/c22-18(21-11-14-3-1-7-25-14)15-9-12-5-6-13(10-17(12)28-19(15)23)27-20(24)16-4-2-8-26-16/h2,4-6,8-10,14H,1,3,7,11H2,(H,21,22). The third-order valence-electron chi connectivity index (χ3n) is 4.40. The van der Waals surface area contributed by atoms with Gasteiger partial charge in [-0.15, -0.1) is 0 Å². The lowest BCUT2D eigenvalue weighted by Gasteiger charge is -2.10. The van der Waals surface area contributed by atoms with E-state index >= 15 is 0 Å². The summed E-state index contributed by atoms with van der Waals surface area (Å²) in [6.45, 7) is 1.03. The van der Waals surface area contributed by atoms with Gasteiger partial charge in [0.05, 0.1) is 12.4 Å². The van der Waals surface area contributed by atoms with Crippen molar-refractivity contribution in [2.75, 3.05) is 13.2 Å². The summed E-state index contributed by atoms with van der Waals surface area (Å²) >= 11 is 0. The molecule has 8 nitrogen and oxygen atoms in total. The molecular formula is C20H17NO7. The van der Waals surface area contributed by atoms with Crippen LogP contribution in [0.5, 0.6) is 5.75 Å². The number of rotatable bonds is 5. The van der Waals surface area contributed by atoms with Crippen LogP contribution in [0.2, 0.25) is 0 Å². The lowest BCUT2D eigenvalue weighted by atomic mass is 10.1. The third kappa shape index (κ3) is 3.81. The highest BCUT2D eigenvalue weighted by Gasteiger charge is 2.19. The SMILES string of the molecule is O=C(Oc1ccc2cc(C(=O)NCC3CCCO3)c(=O)oc2c1)c1ccco1. The van der Waals surface area contributed by atoms with E-state index in [1.54, 1.807) is 12.1 Å². The zero-order valence-corrected chi connectivity index (χ0v) is 14.8. The molecule has 144 valence electrons. The zero-order chi connectivity index (χ0) is 19.5. The first-order chi connectivity index (χ1) is 13.6. The zero-order valence-electron chi connectivity index (χ0n) is 14.8. The van der Waals surface area contributed by atoms with E-state index in [1.165, 1.54) is 30.5 Å². The predicted octanol–water partition coefficient (Wildman–Crippen LogP) is 2.51. The molecular weight excluding hydrogens is 366 g/mol. The number of ether oxygens (including phenoxy) is 2. The molecule has 0 saturated carbocycles. The van der Waals surface area contributed by atoms with Crippen molar-refractivity contribution in [2.24, 2.45) is 0 Å². The van der Waals surface area contributed by atoms with Crippen molar-refractivity contribution in [1.82, 2.24) is 5.32 Å². The molecule has 1 fully saturated rings. The molecule has 1 amide bonds. The fraction of sp³-hybridized carbons (Fsp3) is 0.250. The van der Waals surface area contributed by atoms with Crippen LogP contribution in [0, 0.1) is 0 Å². The molecule has 3 heterocycles. The van der Waals surface area contributed by atoms with Gasteiger partial charge in [0.25, 0.3) is 5.91 Å². The Morgan fingerprint density at radius 2 is 2.11 bits per heavy atom. The van der Waals surface area contributed by atoms with Crippen LogP contribution >= 0.6 is 0 Å². The number of amides is 1. The maximum absolute atomic E-state index is 12.3. The first-order valence-corrected chi connectivity index (χ1v) is 8.83. The number of hydrogen-bond donors (Lipinski definition) is 1. The van der Waals surface area contributed by atoms with Gasteiger partial charge in [-0.2, -0.15) is 0 Å². The van der Waals surface area contributed by atoms with Gasteiger partial charge in [-0.05, 0) is 43.2 Å². The summed E-state index contributed by atoms with van der Waals surface area (Å²) in [5.41, 5.74) is -0.664. The van der Waals surface area contributed by atoms with E-state index in [4.69, 9.17) is 18.3 Å². The summed E-state index contributed by atoms with van der Waals surface area (Å²) in [7, 11) is 0. The number of benzene rings is 1. The van der Waals surface area contributed by atoms with Gasteiger partial charge >= 0.3 is 11.6 Å². The number of furan rings is 1. The molecule has 1 aromatic carbocycles. The van der Waals surface area contributed by atoms with Crippen LogP contribution in [-0.4, -0.2) is 31.1 Å². The molecule has 1 saturated heterocycles. The molecule has 1 aliphatic rings. The van der Waals surface area contributed by atoms with Crippen molar-refractivity contribution < 1.29 is 27.9 Å². The Bertz CT molecular complexity index is 1060. The summed E-state index contributed by atoms with van der Waals surface area (Å²) in [5, 5.41) is 3.22. The minimum Gasteiger partial charge on any atom is -0.457 e. The van der Waals surface area contributed by atoms with Gasteiger partial charge < -0.3 is 23.6 Å². The van der Waals surface area contributed by atoms with Crippen LogP contribution in [0.4, 0.5) is 0 Å². The van der Waals surface area contributed by atoms with Crippen molar-refractivity contribution >= 4 is 22.8 Å². The van der Waals surface area contributed by atoms with Gasteiger partial charge in [0, 0.05) is 24.6 Å². The van der Waals surface area contributed by atoms with E-state index in [2.05, 4.69) is 5.32 Å². The second-order valence-corrected chi connectivity index (χ2v) is 6.36. The summed E-state index contributed by atoms with van der Waals surface area (Å²) in [5.74, 6) is -0.941. The highest BCUT2D eigenvalue weighted by molar-refractivity contribution is 5.97. The number of nitrogens with one attached hydrogen (secondary N) is 1. The highest BCUT2D eigenvalue weighted by atomic mass is 16.5. The maximum Gasteiger partial charge on any atom is 0.379 e. The van der Waals surface area contributed by atoms with Gasteiger partial charge in [0.15, 0.2) is 0 Å². The third-order valence-corrected chi connectivity index (χ3v) is 4.40. The summed E-state index contributed by atoms with van der Waals surface area (Å²) in [6.07, 6.45) is 3.18. The van der Waals surface area contributed by atoms with E-state index in [1.807, 2.05) is 0 Å². The van der Waals surface area contributed by atoms with Crippen LogP contribution in [-0.2, 0) is 4.74 Å². The van der Waals surface area contributed by atoms with Gasteiger partial charge in [-0.1, -0.05) is 0 Å². The molecule has 28 heavy (non-hydrogen) atoms. The number of hydrogen-bond acceptors (Lipinski definition) is 7. The van der Waals surface area contributed by atoms with Crippen LogP contribution in [0.15, 0.2) is 56.3 Å². The molecule has 8 heteroatoms. The Morgan fingerprint density at radius 3 is 2.86 bits per heavy atom. The second kappa shape index (κ2) is 7.69. The molecule has 3 aromatic rings. The number of carbonyl (C=O) groups is 2. The molecule has 0 radical (unpaired) electrons. The molecule has 0 spiro atoms. The predicted molar refractivity (Wildman–Crippen MR) is 97.5 cm³/mol. The van der Waals surface area contributed by atoms with Crippen LogP contribution < -0.4 is 15.7 Å². The fourth-order valence-electron chi connectivity index (χ4n) is 2.97. The van der Waals surface area contributed by atoms with E-state index in [-0.39, 0.29) is 28.8 Å².